The van der Waals surface area contributed by atoms with Crippen LogP contribution in [-0.4, -0.2) is 34.0 Å². The number of anilines is 2. The maximum absolute atomic E-state index is 5.67. The first-order valence-electron chi connectivity index (χ1n) is 5.71. The van der Waals surface area contributed by atoms with Crippen LogP contribution in [-0.2, 0) is 11.5 Å². The zero-order chi connectivity index (χ0) is 13.8. The molecule has 2 aromatic rings. The first-order valence-corrected chi connectivity index (χ1v) is 7.74. The zero-order valence-electron chi connectivity index (χ0n) is 11.1. The van der Waals surface area contributed by atoms with Gasteiger partial charge >= 0.3 is 0 Å². The quantitative estimate of drug-likeness (QED) is 0.899. The first-order chi connectivity index (χ1) is 9.04. The summed E-state index contributed by atoms with van der Waals surface area (Å²) < 4.78 is 0. The van der Waals surface area contributed by atoms with Gasteiger partial charge in [0.15, 0.2) is 0 Å². The highest BCUT2D eigenvalue weighted by Gasteiger charge is 2.07. The molecule has 0 unspecified atom stereocenters. The molecule has 0 aromatic carbocycles. The van der Waals surface area contributed by atoms with Crippen LogP contribution in [0.5, 0.6) is 0 Å². The Morgan fingerprint density at radius 1 is 1.21 bits per heavy atom. The van der Waals surface area contributed by atoms with Crippen LogP contribution in [0.3, 0.4) is 0 Å². The lowest BCUT2D eigenvalue weighted by Crippen LogP contribution is -2.15. The van der Waals surface area contributed by atoms with E-state index < -0.39 is 0 Å². The Labute approximate surface area is 120 Å². The summed E-state index contributed by atoms with van der Waals surface area (Å²) >= 11 is 3.39. The van der Waals surface area contributed by atoms with Crippen molar-refractivity contribution in [2.75, 3.05) is 24.7 Å². The van der Waals surface area contributed by atoms with Gasteiger partial charge in [0.1, 0.15) is 5.82 Å². The van der Waals surface area contributed by atoms with Crippen molar-refractivity contribution < 1.29 is 0 Å². The number of aryl methyl sites for hydroxylation is 1. The minimum absolute atomic E-state index is 0.263. The highest BCUT2D eigenvalue weighted by Crippen LogP contribution is 2.18. The number of nitrogens with two attached hydrogens (primary N) is 1. The van der Waals surface area contributed by atoms with Gasteiger partial charge in [-0.25, -0.2) is 4.98 Å². The van der Waals surface area contributed by atoms with Crippen LogP contribution in [0.2, 0.25) is 0 Å². The summed E-state index contributed by atoms with van der Waals surface area (Å²) in [7, 11) is 3.76. The molecule has 0 aliphatic heterocycles. The van der Waals surface area contributed by atoms with E-state index >= 15 is 0 Å². The van der Waals surface area contributed by atoms with Crippen LogP contribution in [0, 0.1) is 6.92 Å². The molecule has 6 nitrogen and oxygen atoms in total. The van der Waals surface area contributed by atoms with Crippen LogP contribution in [0.25, 0.3) is 0 Å². The molecule has 0 spiro atoms. The van der Waals surface area contributed by atoms with Crippen molar-refractivity contribution in [2.45, 2.75) is 18.4 Å². The molecule has 8 heteroatoms. The van der Waals surface area contributed by atoms with Gasteiger partial charge in [-0.15, -0.1) is 23.1 Å². The van der Waals surface area contributed by atoms with E-state index in [1.54, 1.807) is 23.1 Å². The van der Waals surface area contributed by atoms with Gasteiger partial charge in [0, 0.05) is 25.2 Å². The molecule has 102 valence electrons. The molecule has 2 aromatic heterocycles. The van der Waals surface area contributed by atoms with Crippen molar-refractivity contribution in [3.63, 3.8) is 0 Å². The third-order valence-electron chi connectivity index (χ3n) is 2.23. The maximum atomic E-state index is 5.67. The van der Waals surface area contributed by atoms with E-state index in [0.717, 1.165) is 16.5 Å². The molecule has 0 fully saturated rings. The standard InChI is InChI=1S/C11H16N6S2/c1-7-13-8(5-19-7)4-18-6-9-14-10(12)16-11(15-9)17(2)3/h5H,4,6H2,1-3H3,(H2,12,14,15,16). The number of nitrogen functional groups attached to an aromatic ring is 1. The second-order valence-electron chi connectivity index (χ2n) is 4.15. The molecule has 0 saturated carbocycles. The van der Waals surface area contributed by atoms with Crippen LogP contribution in [0.15, 0.2) is 5.38 Å². The number of hydrogen-bond acceptors (Lipinski definition) is 8. The average molecular weight is 296 g/mol. The van der Waals surface area contributed by atoms with Gasteiger partial charge in [0.2, 0.25) is 11.9 Å². The third-order valence-corrected chi connectivity index (χ3v) is 4.02. The molecular formula is C11H16N6S2. The monoisotopic (exact) mass is 296 g/mol. The predicted molar refractivity (Wildman–Crippen MR) is 80.4 cm³/mol. The SMILES string of the molecule is Cc1nc(CSCc2nc(N)nc(N(C)C)n2)cs1. The molecule has 0 atom stereocenters. The third kappa shape index (κ3) is 4.03. The Hall–Kier alpha value is -1.41. The van der Waals surface area contributed by atoms with E-state index in [-0.39, 0.29) is 5.95 Å². The molecule has 2 N–H and O–H groups in total. The first kappa shape index (κ1) is 14.0. The molecule has 19 heavy (non-hydrogen) atoms. The van der Waals surface area contributed by atoms with Gasteiger partial charge in [0.25, 0.3) is 0 Å². The summed E-state index contributed by atoms with van der Waals surface area (Å²) in [5.74, 6) is 3.11. The number of rotatable bonds is 5. The lowest BCUT2D eigenvalue weighted by molar-refractivity contribution is 0.919. The number of thiazole rings is 1. The molecule has 2 rings (SSSR count). The second-order valence-corrected chi connectivity index (χ2v) is 6.20. The Morgan fingerprint density at radius 2 is 2.00 bits per heavy atom. The normalized spacial score (nSPS) is 10.7. The summed E-state index contributed by atoms with van der Waals surface area (Å²) in [6.07, 6.45) is 0. The lowest BCUT2D eigenvalue weighted by atomic mass is 10.6. The van der Waals surface area contributed by atoms with Crippen LogP contribution in [0.1, 0.15) is 16.5 Å². The van der Waals surface area contributed by atoms with Crippen molar-refractivity contribution in [2.24, 2.45) is 0 Å². The van der Waals surface area contributed by atoms with Crippen LogP contribution >= 0.6 is 23.1 Å². The van der Waals surface area contributed by atoms with Crippen molar-refractivity contribution in [3.05, 3.63) is 21.9 Å². The summed E-state index contributed by atoms with van der Waals surface area (Å²) in [6.45, 7) is 2.01. The smallest absolute Gasteiger partial charge is 0.229 e. The van der Waals surface area contributed by atoms with Crippen molar-refractivity contribution >= 4 is 35.0 Å². The number of nitrogens with zero attached hydrogens (tertiary/aromatic N) is 5. The second kappa shape index (κ2) is 6.16. The Kier molecular flexibility index (Phi) is 4.54. The van der Waals surface area contributed by atoms with E-state index in [2.05, 4.69) is 25.3 Å². The number of hydrogen-bond donors (Lipinski definition) is 1. The van der Waals surface area contributed by atoms with Crippen molar-refractivity contribution in [3.8, 4) is 0 Å². The van der Waals surface area contributed by atoms with E-state index in [1.807, 2.05) is 25.9 Å². The Bertz CT molecular complexity index is 554. The fourth-order valence-electron chi connectivity index (χ4n) is 1.41. The largest absolute Gasteiger partial charge is 0.368 e. The molecular weight excluding hydrogens is 280 g/mol. The van der Waals surface area contributed by atoms with Gasteiger partial charge in [-0.1, -0.05) is 0 Å². The molecule has 2 heterocycles. The average Bonchev–Trinajstić information content (AvgIpc) is 2.74. The van der Waals surface area contributed by atoms with E-state index in [1.165, 1.54) is 0 Å². The van der Waals surface area contributed by atoms with Gasteiger partial charge in [-0.05, 0) is 6.92 Å². The fraction of sp³-hybridized carbons (Fsp3) is 0.455. The summed E-state index contributed by atoms with van der Waals surface area (Å²) in [6, 6.07) is 0. The Balaban J connectivity index is 1.95. The topological polar surface area (TPSA) is 80.8 Å². The van der Waals surface area contributed by atoms with Crippen LogP contribution in [0.4, 0.5) is 11.9 Å². The van der Waals surface area contributed by atoms with Gasteiger partial charge < -0.3 is 10.6 Å². The van der Waals surface area contributed by atoms with Gasteiger partial charge in [-0.3, -0.25) is 0 Å². The van der Waals surface area contributed by atoms with Gasteiger partial charge in [0.05, 0.1) is 16.5 Å². The van der Waals surface area contributed by atoms with E-state index in [9.17, 15) is 0 Å². The molecule has 0 saturated heterocycles. The van der Waals surface area contributed by atoms with Gasteiger partial charge in [-0.2, -0.15) is 15.0 Å². The summed E-state index contributed by atoms with van der Waals surface area (Å²) in [5, 5.41) is 3.17. The predicted octanol–water partition coefficient (Wildman–Crippen LogP) is 1.72. The molecule has 0 radical (unpaired) electrons. The van der Waals surface area contributed by atoms with Crippen molar-refractivity contribution in [1.82, 2.24) is 19.9 Å². The number of thioether (sulfide) groups is 1. The van der Waals surface area contributed by atoms with E-state index in [0.29, 0.717) is 17.5 Å². The molecule has 0 bridgehead atoms. The highest BCUT2D eigenvalue weighted by atomic mass is 32.2. The Morgan fingerprint density at radius 3 is 2.63 bits per heavy atom. The van der Waals surface area contributed by atoms with E-state index in [4.69, 9.17) is 5.73 Å². The molecule has 0 aliphatic carbocycles. The molecule has 0 aliphatic rings. The van der Waals surface area contributed by atoms with Crippen LogP contribution < -0.4 is 10.6 Å². The lowest BCUT2D eigenvalue weighted by Gasteiger charge is -2.11. The molecule has 0 amide bonds. The highest BCUT2D eigenvalue weighted by molar-refractivity contribution is 7.97. The minimum Gasteiger partial charge on any atom is -0.368 e. The fourth-order valence-corrected chi connectivity index (χ4v) is 2.90. The number of aromatic nitrogens is 4. The minimum atomic E-state index is 0.263. The summed E-state index contributed by atoms with van der Waals surface area (Å²) in [4.78, 5) is 18.8. The van der Waals surface area contributed by atoms with Crippen molar-refractivity contribution in [1.29, 1.82) is 0 Å². The summed E-state index contributed by atoms with van der Waals surface area (Å²) in [5.41, 5.74) is 6.77. The maximum Gasteiger partial charge on any atom is 0.229 e. The zero-order valence-corrected chi connectivity index (χ0v) is 12.8.